The quantitative estimate of drug-likeness (QED) is 0.268. The summed E-state index contributed by atoms with van der Waals surface area (Å²) >= 11 is 12.3. The Morgan fingerprint density at radius 3 is 2.00 bits per heavy atom. The van der Waals surface area contributed by atoms with Crippen LogP contribution in [-0.4, -0.2) is 47.1 Å². The number of amides is 3. The molecule has 0 radical (unpaired) electrons. The summed E-state index contributed by atoms with van der Waals surface area (Å²) in [5.41, 5.74) is 3.34. The first-order valence-corrected chi connectivity index (χ1v) is 13.4. The normalized spacial score (nSPS) is 11.0. The molecule has 3 heterocycles. The van der Waals surface area contributed by atoms with Gasteiger partial charge in [-0.1, -0.05) is 47.5 Å². The van der Waals surface area contributed by atoms with Crippen LogP contribution in [0.5, 0.6) is 0 Å². The molecule has 0 aliphatic heterocycles. The van der Waals surface area contributed by atoms with Gasteiger partial charge < -0.3 is 0 Å². The number of fused-ring (bicyclic) bond motifs is 1. The number of benzene rings is 2. The summed E-state index contributed by atoms with van der Waals surface area (Å²) in [4.78, 5) is 54.4. The molecule has 0 aliphatic rings. The highest BCUT2D eigenvalue weighted by molar-refractivity contribution is 6.31. The number of hydrogen-bond donors (Lipinski definition) is 0. The fraction of sp³-hybridized carbons (Fsp3) is 0.138. The minimum atomic E-state index is -0.654. The Bertz CT molecular complexity index is 1890. The molecule has 3 aromatic heterocycles. The van der Waals surface area contributed by atoms with E-state index in [2.05, 4.69) is 15.2 Å². The highest BCUT2D eigenvalue weighted by Gasteiger charge is 2.28. The topological polar surface area (TPSA) is 123 Å². The van der Waals surface area contributed by atoms with E-state index in [0.29, 0.717) is 31.8 Å². The zero-order valence-corrected chi connectivity index (χ0v) is 24.2. The number of carbonyl (C=O) groups is 3. The highest BCUT2D eigenvalue weighted by atomic mass is 35.5. The number of anilines is 1. The van der Waals surface area contributed by atoms with Crippen LogP contribution in [0.3, 0.4) is 0 Å². The molecule has 0 spiro atoms. The SMILES string of the molecule is CC(=O)N(C(C)=O)N(C(C)=O)c1cc(Cn2nc3c(-c4ccc(Cl)cc4)c(-c4ccc(Cl)cc4)cnn3c2=O)ccn1. The van der Waals surface area contributed by atoms with Gasteiger partial charge in [-0.05, 0) is 53.1 Å². The van der Waals surface area contributed by atoms with Crippen LogP contribution in [0.4, 0.5) is 5.82 Å². The molecule has 0 saturated heterocycles. The van der Waals surface area contributed by atoms with Gasteiger partial charge in [0.1, 0.15) is 0 Å². The molecular weight excluding hydrogens is 581 g/mol. The molecule has 0 unspecified atom stereocenters. The van der Waals surface area contributed by atoms with Crippen LogP contribution >= 0.6 is 23.2 Å². The fourth-order valence-electron chi connectivity index (χ4n) is 4.57. The number of nitrogens with zero attached hydrogens (tertiary/aromatic N) is 7. The Labute approximate surface area is 249 Å². The largest absolute Gasteiger partial charge is 0.367 e. The van der Waals surface area contributed by atoms with Gasteiger partial charge in [-0.15, -0.1) is 5.10 Å². The van der Waals surface area contributed by atoms with E-state index in [1.165, 1.54) is 42.2 Å². The van der Waals surface area contributed by atoms with E-state index in [1.807, 2.05) is 24.3 Å². The molecule has 0 fully saturated rings. The van der Waals surface area contributed by atoms with Gasteiger partial charge in [-0.3, -0.25) is 14.4 Å². The average molecular weight is 604 g/mol. The Hall–Kier alpha value is -4.87. The zero-order valence-electron chi connectivity index (χ0n) is 22.7. The lowest BCUT2D eigenvalue weighted by atomic mass is 9.97. The summed E-state index contributed by atoms with van der Waals surface area (Å²) in [6, 6.07) is 17.6. The summed E-state index contributed by atoms with van der Waals surface area (Å²) in [6.07, 6.45) is 3.01. The van der Waals surface area contributed by atoms with E-state index < -0.39 is 23.4 Å². The maximum absolute atomic E-state index is 13.5. The van der Waals surface area contributed by atoms with E-state index in [4.69, 9.17) is 23.2 Å². The number of rotatable bonds is 5. The smallest absolute Gasteiger partial charge is 0.273 e. The number of hydrogen-bond acceptors (Lipinski definition) is 7. The standard InChI is InChI=1S/C29H23Cl2N7O4/c1-17(39)37(18(2)40)38(19(3)41)26-14-20(12-13-32-26)16-35-29(42)36-28(34-35)27(22-6-10-24(31)11-7-22)25(15-33-36)21-4-8-23(30)9-5-21/h4-15H,16H2,1-3H3. The summed E-state index contributed by atoms with van der Waals surface area (Å²) in [7, 11) is 0. The number of imide groups is 1. The molecule has 5 rings (SSSR count). The van der Waals surface area contributed by atoms with E-state index in [1.54, 1.807) is 36.5 Å². The van der Waals surface area contributed by atoms with Crippen LogP contribution in [-0.2, 0) is 20.9 Å². The first-order valence-electron chi connectivity index (χ1n) is 12.6. The van der Waals surface area contributed by atoms with Crippen molar-refractivity contribution in [2.75, 3.05) is 5.01 Å². The minimum Gasteiger partial charge on any atom is -0.273 e. The second-order valence-electron chi connectivity index (χ2n) is 9.33. The Morgan fingerprint density at radius 1 is 0.833 bits per heavy atom. The predicted octanol–water partition coefficient (Wildman–Crippen LogP) is 4.64. The Kier molecular flexibility index (Phi) is 7.88. The highest BCUT2D eigenvalue weighted by Crippen LogP contribution is 2.35. The molecule has 0 atom stereocenters. The summed E-state index contributed by atoms with van der Waals surface area (Å²) in [5.74, 6) is -1.87. The van der Waals surface area contributed by atoms with Crippen molar-refractivity contribution < 1.29 is 14.4 Å². The maximum atomic E-state index is 13.5. The van der Waals surface area contributed by atoms with Gasteiger partial charge in [0.2, 0.25) is 17.7 Å². The maximum Gasteiger partial charge on any atom is 0.367 e. The third-order valence-corrected chi connectivity index (χ3v) is 6.86. The van der Waals surface area contributed by atoms with Crippen molar-refractivity contribution in [1.82, 2.24) is 29.4 Å². The van der Waals surface area contributed by atoms with Gasteiger partial charge in [0, 0.05) is 48.1 Å². The van der Waals surface area contributed by atoms with Crippen LogP contribution in [0, 0.1) is 0 Å². The predicted molar refractivity (Wildman–Crippen MR) is 158 cm³/mol. The molecule has 13 heteroatoms. The number of hydrazine groups is 1. The number of aromatic nitrogens is 5. The molecular formula is C29H23Cl2N7O4. The van der Waals surface area contributed by atoms with Crippen molar-refractivity contribution in [2.45, 2.75) is 27.3 Å². The second kappa shape index (κ2) is 11.6. The molecule has 0 bridgehead atoms. The van der Waals surface area contributed by atoms with E-state index in [-0.39, 0.29) is 12.4 Å². The van der Waals surface area contributed by atoms with Gasteiger partial charge in [-0.25, -0.2) is 14.5 Å². The van der Waals surface area contributed by atoms with Crippen LogP contribution in [0.1, 0.15) is 26.3 Å². The lowest BCUT2D eigenvalue weighted by molar-refractivity contribution is -0.146. The first-order chi connectivity index (χ1) is 20.0. The van der Waals surface area contributed by atoms with Crippen molar-refractivity contribution in [2.24, 2.45) is 0 Å². The number of carbonyl (C=O) groups excluding carboxylic acids is 3. The summed E-state index contributed by atoms with van der Waals surface area (Å²) < 4.78 is 2.44. The lowest BCUT2D eigenvalue weighted by Gasteiger charge is -2.29. The number of halogens is 2. The average Bonchev–Trinajstić information content (AvgIpc) is 3.26. The Morgan fingerprint density at radius 2 is 1.43 bits per heavy atom. The van der Waals surface area contributed by atoms with E-state index in [0.717, 1.165) is 21.7 Å². The van der Waals surface area contributed by atoms with E-state index in [9.17, 15) is 19.2 Å². The van der Waals surface area contributed by atoms with Crippen LogP contribution in [0.15, 0.2) is 77.9 Å². The van der Waals surface area contributed by atoms with Gasteiger partial charge in [0.05, 0.1) is 12.7 Å². The van der Waals surface area contributed by atoms with Crippen molar-refractivity contribution in [3.8, 4) is 22.3 Å². The molecule has 0 aliphatic carbocycles. The molecule has 11 nitrogen and oxygen atoms in total. The first kappa shape index (κ1) is 28.7. The third kappa shape index (κ3) is 5.52. The lowest BCUT2D eigenvalue weighted by Crippen LogP contribution is -2.51. The van der Waals surface area contributed by atoms with Crippen LogP contribution < -0.4 is 10.7 Å². The molecule has 0 N–H and O–H groups in total. The fourth-order valence-corrected chi connectivity index (χ4v) is 4.82. The summed E-state index contributed by atoms with van der Waals surface area (Å²) in [6.45, 7) is 3.53. The van der Waals surface area contributed by atoms with Crippen molar-refractivity contribution >= 4 is 52.4 Å². The van der Waals surface area contributed by atoms with Gasteiger partial charge in [0.15, 0.2) is 11.5 Å². The monoisotopic (exact) mass is 603 g/mol. The molecule has 3 amide bonds. The molecule has 212 valence electrons. The van der Waals surface area contributed by atoms with Crippen molar-refractivity contribution in [3.05, 3.63) is 99.2 Å². The zero-order chi connectivity index (χ0) is 30.1. The van der Waals surface area contributed by atoms with Crippen LogP contribution in [0.25, 0.3) is 27.9 Å². The second-order valence-corrected chi connectivity index (χ2v) is 10.2. The summed E-state index contributed by atoms with van der Waals surface area (Å²) in [5, 5.41) is 11.8. The Balaban J connectivity index is 1.62. The van der Waals surface area contributed by atoms with Gasteiger partial charge in [0.25, 0.3) is 0 Å². The van der Waals surface area contributed by atoms with Gasteiger partial charge >= 0.3 is 5.69 Å². The molecule has 5 aromatic rings. The van der Waals surface area contributed by atoms with Crippen molar-refractivity contribution in [3.63, 3.8) is 0 Å². The van der Waals surface area contributed by atoms with E-state index >= 15 is 0 Å². The van der Waals surface area contributed by atoms with Crippen LogP contribution in [0.2, 0.25) is 10.0 Å². The van der Waals surface area contributed by atoms with Gasteiger partial charge in [-0.2, -0.15) is 19.6 Å². The molecule has 42 heavy (non-hydrogen) atoms. The molecule has 2 aromatic carbocycles. The minimum absolute atomic E-state index is 0.0140. The third-order valence-electron chi connectivity index (χ3n) is 6.36. The number of pyridine rings is 1. The van der Waals surface area contributed by atoms with Crippen molar-refractivity contribution in [1.29, 1.82) is 0 Å². The molecule has 0 saturated carbocycles.